The van der Waals surface area contributed by atoms with Gasteiger partial charge in [-0.1, -0.05) is 46.3 Å². The van der Waals surface area contributed by atoms with Crippen LogP contribution in [-0.4, -0.2) is 34.8 Å². The molecular weight excluding hydrogens is 476 g/mol. The number of fused-ring (bicyclic) bond motifs is 1. The number of nitrogens with one attached hydrogen (secondary N) is 2. The third-order valence-corrected chi connectivity index (χ3v) is 6.58. The second kappa shape index (κ2) is 10.2. The first-order chi connectivity index (χ1) is 15.1. The van der Waals surface area contributed by atoms with Crippen LogP contribution in [0.3, 0.4) is 0 Å². The van der Waals surface area contributed by atoms with Gasteiger partial charge < -0.3 is 10.6 Å². The number of rotatable bonds is 7. The highest BCUT2D eigenvalue weighted by Gasteiger charge is 2.21. The van der Waals surface area contributed by atoms with E-state index in [4.69, 9.17) is 0 Å². The molecule has 0 fully saturated rings. The number of carbonyl (C=O) groups excluding carboxylic acids is 2. The van der Waals surface area contributed by atoms with Crippen LogP contribution in [0.5, 0.6) is 0 Å². The first kappa shape index (κ1) is 21.7. The normalized spacial score (nSPS) is 13.5. The second-order valence-electron chi connectivity index (χ2n) is 7.40. The average molecular weight is 499 g/mol. The molecule has 6 nitrogen and oxygen atoms in total. The Balaban J connectivity index is 1.24. The molecule has 2 amide bonds. The highest BCUT2D eigenvalue weighted by atomic mass is 79.9. The fourth-order valence-corrected chi connectivity index (χ4v) is 4.78. The molecule has 0 saturated heterocycles. The lowest BCUT2D eigenvalue weighted by atomic mass is 10.1. The molecular formula is C23H23BrN4O2S. The zero-order valence-corrected chi connectivity index (χ0v) is 19.3. The van der Waals surface area contributed by atoms with E-state index in [2.05, 4.69) is 60.7 Å². The lowest BCUT2D eigenvalue weighted by Gasteiger charge is -2.25. The quantitative estimate of drug-likeness (QED) is 0.511. The van der Waals surface area contributed by atoms with Crippen LogP contribution in [0.2, 0.25) is 0 Å². The Morgan fingerprint density at radius 3 is 2.65 bits per heavy atom. The molecule has 0 radical (unpaired) electrons. The summed E-state index contributed by atoms with van der Waals surface area (Å²) >= 11 is 4.88. The zero-order chi connectivity index (χ0) is 21.6. The van der Waals surface area contributed by atoms with E-state index < -0.39 is 0 Å². The van der Waals surface area contributed by atoms with E-state index in [0.717, 1.165) is 36.2 Å². The summed E-state index contributed by atoms with van der Waals surface area (Å²) in [6.07, 6.45) is 1.09. The summed E-state index contributed by atoms with van der Waals surface area (Å²) < 4.78 is 0.915. The first-order valence-electron chi connectivity index (χ1n) is 10.2. The van der Waals surface area contributed by atoms with E-state index in [-0.39, 0.29) is 24.8 Å². The topological polar surface area (TPSA) is 74.3 Å². The number of carbonyl (C=O) groups is 2. The summed E-state index contributed by atoms with van der Waals surface area (Å²) in [5, 5.41) is 6.29. The van der Waals surface area contributed by atoms with E-state index in [1.54, 1.807) is 12.1 Å². The molecule has 1 aromatic heterocycles. The van der Waals surface area contributed by atoms with Crippen molar-refractivity contribution in [1.29, 1.82) is 0 Å². The molecule has 0 bridgehead atoms. The van der Waals surface area contributed by atoms with Gasteiger partial charge in [-0.25, -0.2) is 4.98 Å². The standard InChI is InChI=1S/C23H23BrN4O2S/c24-18-8-6-17(7-9-18)22(30)25-12-10-21(29)27-23-26-19-11-13-28(15-20(19)31-23)14-16-4-2-1-3-5-16/h1-9H,10-15H2,(H,25,30)(H,26,27,29). The lowest BCUT2D eigenvalue weighted by molar-refractivity contribution is -0.116. The number of amides is 2. The molecule has 0 unspecified atom stereocenters. The summed E-state index contributed by atoms with van der Waals surface area (Å²) in [7, 11) is 0. The number of anilines is 1. The Hall–Kier alpha value is -2.55. The van der Waals surface area contributed by atoms with Crippen LogP contribution in [0.15, 0.2) is 59.1 Å². The van der Waals surface area contributed by atoms with Gasteiger partial charge in [-0.3, -0.25) is 14.5 Å². The number of nitrogens with zero attached hydrogens (tertiary/aromatic N) is 2. The Kier molecular flexibility index (Phi) is 7.11. The van der Waals surface area contributed by atoms with E-state index in [1.165, 1.54) is 21.8 Å². The molecule has 0 saturated carbocycles. The van der Waals surface area contributed by atoms with Gasteiger partial charge in [-0.15, -0.1) is 11.3 Å². The summed E-state index contributed by atoms with van der Waals surface area (Å²) in [6.45, 7) is 3.00. The SMILES string of the molecule is O=C(CCNC(=O)c1ccc(Br)cc1)Nc1nc2c(s1)CN(Cc1ccccc1)CC2. The largest absolute Gasteiger partial charge is 0.352 e. The highest BCUT2D eigenvalue weighted by molar-refractivity contribution is 9.10. The number of hydrogen-bond donors (Lipinski definition) is 2. The maximum atomic E-state index is 12.3. The maximum absolute atomic E-state index is 12.3. The molecule has 0 aliphatic carbocycles. The van der Waals surface area contributed by atoms with E-state index in [1.807, 2.05) is 18.2 Å². The number of aromatic nitrogens is 1. The van der Waals surface area contributed by atoms with Crippen LogP contribution in [-0.2, 0) is 24.3 Å². The van der Waals surface area contributed by atoms with Gasteiger partial charge in [-0.2, -0.15) is 0 Å². The molecule has 4 rings (SSSR count). The Morgan fingerprint density at radius 2 is 1.87 bits per heavy atom. The Morgan fingerprint density at radius 1 is 1.10 bits per heavy atom. The van der Waals surface area contributed by atoms with Crippen molar-refractivity contribution in [3.63, 3.8) is 0 Å². The monoisotopic (exact) mass is 498 g/mol. The molecule has 3 aromatic rings. The minimum atomic E-state index is -0.191. The number of halogens is 1. The Bertz CT molecular complexity index is 1050. The fourth-order valence-electron chi connectivity index (χ4n) is 3.45. The summed E-state index contributed by atoms with van der Waals surface area (Å²) in [5.74, 6) is -0.341. The van der Waals surface area contributed by atoms with Crippen molar-refractivity contribution in [2.24, 2.45) is 0 Å². The third-order valence-electron chi connectivity index (χ3n) is 5.05. The predicted octanol–water partition coefficient (Wildman–Crippen LogP) is 4.22. The molecule has 160 valence electrons. The van der Waals surface area contributed by atoms with Gasteiger partial charge in [0.1, 0.15) is 0 Å². The van der Waals surface area contributed by atoms with E-state index in [0.29, 0.717) is 10.7 Å². The van der Waals surface area contributed by atoms with Crippen LogP contribution in [0.4, 0.5) is 5.13 Å². The van der Waals surface area contributed by atoms with Crippen molar-refractivity contribution in [3.05, 3.63) is 80.8 Å². The molecule has 1 aliphatic rings. The van der Waals surface area contributed by atoms with Gasteiger partial charge in [-0.05, 0) is 29.8 Å². The first-order valence-corrected chi connectivity index (χ1v) is 11.8. The predicted molar refractivity (Wildman–Crippen MR) is 126 cm³/mol. The van der Waals surface area contributed by atoms with Gasteiger partial charge in [0.15, 0.2) is 5.13 Å². The second-order valence-corrected chi connectivity index (χ2v) is 9.40. The van der Waals surface area contributed by atoms with Crippen LogP contribution in [0, 0.1) is 0 Å². The summed E-state index contributed by atoms with van der Waals surface area (Å²) in [6, 6.07) is 17.5. The molecule has 0 spiro atoms. The number of benzene rings is 2. The molecule has 31 heavy (non-hydrogen) atoms. The van der Waals surface area contributed by atoms with Gasteiger partial charge in [0, 0.05) is 53.9 Å². The minimum absolute atomic E-state index is 0.150. The number of hydrogen-bond acceptors (Lipinski definition) is 5. The van der Waals surface area contributed by atoms with Crippen molar-refractivity contribution in [3.8, 4) is 0 Å². The van der Waals surface area contributed by atoms with Crippen LogP contribution in [0.1, 0.15) is 32.9 Å². The van der Waals surface area contributed by atoms with Crippen molar-refractivity contribution < 1.29 is 9.59 Å². The summed E-state index contributed by atoms with van der Waals surface area (Å²) in [5.41, 5.74) is 2.94. The van der Waals surface area contributed by atoms with E-state index in [9.17, 15) is 9.59 Å². The molecule has 2 heterocycles. The average Bonchev–Trinajstić information content (AvgIpc) is 3.16. The molecule has 1 aliphatic heterocycles. The highest BCUT2D eigenvalue weighted by Crippen LogP contribution is 2.29. The molecule has 2 aromatic carbocycles. The van der Waals surface area contributed by atoms with E-state index >= 15 is 0 Å². The lowest BCUT2D eigenvalue weighted by Crippen LogP contribution is -2.29. The van der Waals surface area contributed by atoms with Crippen molar-refractivity contribution in [1.82, 2.24) is 15.2 Å². The molecule has 8 heteroatoms. The summed E-state index contributed by atoms with van der Waals surface area (Å²) in [4.78, 5) is 32.6. The zero-order valence-electron chi connectivity index (χ0n) is 16.9. The maximum Gasteiger partial charge on any atom is 0.251 e. The van der Waals surface area contributed by atoms with Crippen LogP contribution >= 0.6 is 27.3 Å². The van der Waals surface area contributed by atoms with Gasteiger partial charge >= 0.3 is 0 Å². The Labute approximate surface area is 193 Å². The van der Waals surface area contributed by atoms with Crippen LogP contribution < -0.4 is 10.6 Å². The van der Waals surface area contributed by atoms with Crippen molar-refractivity contribution in [2.45, 2.75) is 25.9 Å². The number of thiazole rings is 1. The smallest absolute Gasteiger partial charge is 0.251 e. The van der Waals surface area contributed by atoms with Crippen LogP contribution in [0.25, 0.3) is 0 Å². The molecule has 0 atom stereocenters. The van der Waals surface area contributed by atoms with Crippen molar-refractivity contribution >= 4 is 44.2 Å². The molecule has 2 N–H and O–H groups in total. The third kappa shape index (κ3) is 6.00. The van der Waals surface area contributed by atoms with Crippen molar-refractivity contribution in [2.75, 3.05) is 18.4 Å². The fraction of sp³-hybridized carbons (Fsp3) is 0.261. The van der Waals surface area contributed by atoms with Gasteiger partial charge in [0.05, 0.1) is 5.69 Å². The minimum Gasteiger partial charge on any atom is -0.352 e. The van der Waals surface area contributed by atoms with Gasteiger partial charge in [0.25, 0.3) is 5.91 Å². The van der Waals surface area contributed by atoms with Gasteiger partial charge in [0.2, 0.25) is 5.91 Å².